The van der Waals surface area contributed by atoms with E-state index in [1.165, 1.54) is 0 Å². The minimum Gasteiger partial charge on any atom is -0.481 e. The van der Waals surface area contributed by atoms with E-state index in [2.05, 4.69) is 33.5 Å². The Hall–Kier alpha value is -0.353. The molecule has 1 fully saturated rings. The second-order valence-corrected chi connectivity index (χ2v) is 12.7. The molecule has 1 atom stereocenters. The highest BCUT2D eigenvalue weighted by molar-refractivity contribution is 6.76. The van der Waals surface area contributed by atoms with Crippen molar-refractivity contribution in [1.82, 2.24) is 0 Å². The van der Waals surface area contributed by atoms with E-state index in [1.54, 1.807) is 0 Å². The van der Waals surface area contributed by atoms with E-state index in [1.807, 2.05) is 0 Å². The van der Waals surface area contributed by atoms with Gasteiger partial charge in [0.05, 0.1) is 11.2 Å². The van der Waals surface area contributed by atoms with Crippen molar-refractivity contribution in [3.63, 3.8) is 0 Å². The van der Waals surface area contributed by atoms with Crippen LogP contribution in [-0.2, 0) is 9.53 Å². The van der Waals surface area contributed by atoms with Gasteiger partial charge in [-0.1, -0.05) is 19.6 Å². The lowest BCUT2D eigenvalue weighted by molar-refractivity contribution is -0.140. The SMILES string of the molecule is CC1(C)CCC(CCC(=O)O)(C[Si](C)(C)C)O1. The molecular weight excluding hydrogens is 232 g/mol. The van der Waals surface area contributed by atoms with Crippen LogP contribution in [0.4, 0.5) is 0 Å². The van der Waals surface area contributed by atoms with Gasteiger partial charge in [-0.25, -0.2) is 0 Å². The summed E-state index contributed by atoms with van der Waals surface area (Å²) in [5, 5.41) is 8.87. The molecule has 17 heavy (non-hydrogen) atoms. The lowest BCUT2D eigenvalue weighted by Gasteiger charge is -2.36. The Morgan fingerprint density at radius 2 is 1.88 bits per heavy atom. The fourth-order valence-corrected chi connectivity index (χ4v) is 5.27. The van der Waals surface area contributed by atoms with Crippen LogP contribution in [-0.4, -0.2) is 30.4 Å². The summed E-state index contributed by atoms with van der Waals surface area (Å²) in [6, 6.07) is 1.07. The Morgan fingerprint density at radius 3 is 2.24 bits per heavy atom. The Bertz CT molecular complexity index is 294. The fraction of sp³-hybridized carbons (Fsp3) is 0.923. The van der Waals surface area contributed by atoms with E-state index in [4.69, 9.17) is 9.84 Å². The molecule has 1 aliphatic rings. The van der Waals surface area contributed by atoms with Gasteiger partial charge in [0, 0.05) is 14.5 Å². The minimum absolute atomic E-state index is 0.0852. The number of carboxylic acids is 1. The molecule has 0 spiro atoms. The fourth-order valence-electron chi connectivity index (χ4n) is 2.91. The third-order valence-corrected chi connectivity index (χ3v) is 5.03. The molecule has 1 saturated heterocycles. The highest BCUT2D eigenvalue weighted by Crippen LogP contribution is 2.45. The van der Waals surface area contributed by atoms with Crippen LogP contribution >= 0.6 is 0 Å². The molecule has 1 rings (SSSR count). The molecule has 0 saturated carbocycles. The Balaban J connectivity index is 2.76. The van der Waals surface area contributed by atoms with E-state index >= 15 is 0 Å². The van der Waals surface area contributed by atoms with Gasteiger partial charge in [-0.05, 0) is 39.2 Å². The van der Waals surface area contributed by atoms with Crippen molar-refractivity contribution in [2.75, 3.05) is 0 Å². The number of hydrogen-bond donors (Lipinski definition) is 1. The van der Waals surface area contributed by atoms with Gasteiger partial charge in [0.25, 0.3) is 0 Å². The average molecular weight is 258 g/mol. The first-order valence-corrected chi connectivity index (χ1v) is 10.2. The molecule has 3 nitrogen and oxygen atoms in total. The highest BCUT2D eigenvalue weighted by atomic mass is 28.3. The molecule has 1 aliphatic heterocycles. The molecular formula is C13H26O3Si. The summed E-state index contributed by atoms with van der Waals surface area (Å²) in [4.78, 5) is 10.8. The summed E-state index contributed by atoms with van der Waals surface area (Å²) in [5.41, 5.74) is -0.259. The third kappa shape index (κ3) is 4.80. The van der Waals surface area contributed by atoms with Crippen LogP contribution in [0.2, 0.25) is 25.7 Å². The van der Waals surface area contributed by atoms with Gasteiger partial charge in [-0.15, -0.1) is 0 Å². The highest BCUT2D eigenvalue weighted by Gasteiger charge is 2.46. The van der Waals surface area contributed by atoms with Crippen LogP contribution in [0.25, 0.3) is 0 Å². The molecule has 1 heterocycles. The van der Waals surface area contributed by atoms with Gasteiger partial charge in [0.15, 0.2) is 0 Å². The van der Waals surface area contributed by atoms with Crippen LogP contribution in [0.1, 0.15) is 39.5 Å². The maximum absolute atomic E-state index is 10.8. The second kappa shape index (κ2) is 4.73. The maximum atomic E-state index is 10.8. The minimum atomic E-state index is -1.25. The van der Waals surface area contributed by atoms with Crippen molar-refractivity contribution in [1.29, 1.82) is 0 Å². The molecule has 1 N–H and O–H groups in total. The Kier molecular flexibility index (Phi) is 4.09. The normalized spacial score (nSPS) is 28.3. The third-order valence-electron chi connectivity index (χ3n) is 3.32. The smallest absolute Gasteiger partial charge is 0.303 e. The molecule has 0 amide bonds. The van der Waals surface area contributed by atoms with Gasteiger partial charge in [0.1, 0.15) is 0 Å². The Labute approximate surface area is 106 Å². The molecule has 0 aromatic carbocycles. The number of carbonyl (C=O) groups is 1. The zero-order valence-electron chi connectivity index (χ0n) is 11.8. The van der Waals surface area contributed by atoms with E-state index in [-0.39, 0.29) is 17.6 Å². The van der Waals surface area contributed by atoms with Gasteiger partial charge in [-0.2, -0.15) is 0 Å². The molecule has 4 heteroatoms. The van der Waals surface area contributed by atoms with Crippen molar-refractivity contribution < 1.29 is 14.6 Å². The first-order chi connectivity index (χ1) is 7.54. The molecule has 0 aliphatic carbocycles. The predicted molar refractivity (Wildman–Crippen MR) is 72.2 cm³/mol. The Morgan fingerprint density at radius 1 is 1.29 bits per heavy atom. The van der Waals surface area contributed by atoms with Crippen molar-refractivity contribution in [3.8, 4) is 0 Å². The lowest BCUT2D eigenvalue weighted by atomic mass is 9.94. The first-order valence-electron chi connectivity index (χ1n) is 6.46. The van der Waals surface area contributed by atoms with Crippen molar-refractivity contribution in [2.45, 2.75) is 76.4 Å². The van der Waals surface area contributed by atoms with E-state index in [0.29, 0.717) is 6.42 Å². The molecule has 0 aromatic heterocycles. The number of ether oxygens (including phenoxy) is 1. The summed E-state index contributed by atoms with van der Waals surface area (Å²) in [5.74, 6) is -0.715. The van der Waals surface area contributed by atoms with Crippen LogP contribution in [0, 0.1) is 0 Å². The largest absolute Gasteiger partial charge is 0.481 e. The monoisotopic (exact) mass is 258 g/mol. The average Bonchev–Trinajstić information content (AvgIpc) is 2.36. The van der Waals surface area contributed by atoms with Crippen LogP contribution in [0.5, 0.6) is 0 Å². The zero-order valence-corrected chi connectivity index (χ0v) is 12.8. The summed E-state index contributed by atoms with van der Waals surface area (Å²) in [7, 11) is -1.25. The van der Waals surface area contributed by atoms with Gasteiger partial charge in [0.2, 0.25) is 0 Å². The predicted octanol–water partition coefficient (Wildman–Crippen LogP) is 3.52. The lowest BCUT2D eigenvalue weighted by Crippen LogP contribution is -2.40. The van der Waals surface area contributed by atoms with E-state index in [9.17, 15) is 4.79 Å². The number of hydrogen-bond acceptors (Lipinski definition) is 2. The van der Waals surface area contributed by atoms with Crippen molar-refractivity contribution >= 4 is 14.0 Å². The first kappa shape index (κ1) is 14.7. The summed E-state index contributed by atoms with van der Waals surface area (Å²) in [6.45, 7) is 11.2. The second-order valence-electron chi connectivity index (χ2n) is 7.18. The quantitative estimate of drug-likeness (QED) is 0.768. The number of aliphatic carboxylic acids is 1. The molecule has 0 radical (unpaired) electrons. The molecule has 1 unspecified atom stereocenters. The number of rotatable bonds is 5. The van der Waals surface area contributed by atoms with Crippen LogP contribution < -0.4 is 0 Å². The van der Waals surface area contributed by atoms with Gasteiger partial charge < -0.3 is 9.84 Å². The maximum Gasteiger partial charge on any atom is 0.303 e. The molecule has 0 aromatic rings. The van der Waals surface area contributed by atoms with Gasteiger partial charge >= 0.3 is 5.97 Å². The molecule has 100 valence electrons. The van der Waals surface area contributed by atoms with Gasteiger partial charge in [-0.3, -0.25) is 4.79 Å². The number of carboxylic acid groups (broad SMARTS) is 1. The van der Waals surface area contributed by atoms with Crippen LogP contribution in [0.3, 0.4) is 0 Å². The molecule has 0 bridgehead atoms. The summed E-state index contributed by atoms with van der Waals surface area (Å²) < 4.78 is 6.23. The summed E-state index contributed by atoms with van der Waals surface area (Å²) in [6.07, 6.45) is 2.94. The standard InChI is InChI=1S/C13H26O3Si/c1-12(2)8-9-13(16-12,7-6-11(14)15)10-17(3,4)5/h6-10H2,1-5H3,(H,14,15). The van der Waals surface area contributed by atoms with Crippen molar-refractivity contribution in [2.24, 2.45) is 0 Å². The van der Waals surface area contributed by atoms with Crippen molar-refractivity contribution in [3.05, 3.63) is 0 Å². The van der Waals surface area contributed by atoms with Crippen LogP contribution in [0.15, 0.2) is 0 Å². The topological polar surface area (TPSA) is 46.5 Å². The summed E-state index contributed by atoms with van der Waals surface area (Å²) >= 11 is 0. The zero-order chi connectivity index (χ0) is 13.3. The van der Waals surface area contributed by atoms with E-state index < -0.39 is 14.0 Å². The van der Waals surface area contributed by atoms with E-state index in [0.717, 1.165) is 18.9 Å².